The van der Waals surface area contributed by atoms with E-state index < -0.39 is 0 Å². The normalized spacial score (nSPS) is 18.4. The Labute approximate surface area is 125 Å². The maximum Gasteiger partial charge on any atom is 0.0320 e. The Balaban J connectivity index is 2.02. The van der Waals surface area contributed by atoms with Gasteiger partial charge < -0.3 is 5.32 Å². The third kappa shape index (κ3) is 4.63. The van der Waals surface area contributed by atoms with E-state index in [1.165, 1.54) is 56.1 Å². The molecule has 1 aromatic rings. The van der Waals surface area contributed by atoms with E-state index in [1.807, 2.05) is 0 Å². The van der Waals surface area contributed by atoms with Gasteiger partial charge >= 0.3 is 0 Å². The van der Waals surface area contributed by atoms with Crippen LogP contribution in [0.2, 0.25) is 0 Å². The molecule has 0 aromatic heterocycles. The summed E-state index contributed by atoms with van der Waals surface area (Å²) in [5.41, 5.74) is 2.97. The molecule has 112 valence electrons. The lowest BCUT2D eigenvalue weighted by molar-refractivity contribution is 0.305. The number of hydrogen-bond donors (Lipinski definition) is 1. The predicted octanol–water partition coefficient (Wildman–Crippen LogP) is 5.12. The summed E-state index contributed by atoms with van der Waals surface area (Å²) in [6.07, 6.45) is 9.69. The van der Waals surface area contributed by atoms with Crippen molar-refractivity contribution in [2.24, 2.45) is 11.8 Å². The molecule has 2 rings (SSSR count). The molecule has 1 fully saturated rings. The van der Waals surface area contributed by atoms with Crippen molar-refractivity contribution in [3.05, 3.63) is 35.4 Å². The first-order valence-electron chi connectivity index (χ1n) is 8.45. The quantitative estimate of drug-likeness (QED) is 0.759. The molecule has 0 bridgehead atoms. The average molecular weight is 273 g/mol. The van der Waals surface area contributed by atoms with Gasteiger partial charge in [0.15, 0.2) is 0 Å². The van der Waals surface area contributed by atoms with Gasteiger partial charge in [-0.15, -0.1) is 0 Å². The second-order valence-corrected chi connectivity index (χ2v) is 6.92. The zero-order valence-corrected chi connectivity index (χ0v) is 13.5. The van der Waals surface area contributed by atoms with E-state index in [2.05, 4.69) is 50.5 Å². The Morgan fingerprint density at radius 2 is 1.90 bits per heavy atom. The zero-order valence-electron chi connectivity index (χ0n) is 13.5. The molecule has 20 heavy (non-hydrogen) atoms. The highest BCUT2D eigenvalue weighted by molar-refractivity contribution is 5.26. The first kappa shape index (κ1) is 15.6. The molecule has 1 nitrogen and oxygen atoms in total. The monoisotopic (exact) mass is 273 g/mol. The topological polar surface area (TPSA) is 12.0 Å². The molecule has 0 saturated heterocycles. The minimum Gasteiger partial charge on any atom is -0.313 e. The lowest BCUT2D eigenvalue weighted by Crippen LogP contribution is -2.21. The fourth-order valence-corrected chi connectivity index (χ4v) is 3.59. The summed E-state index contributed by atoms with van der Waals surface area (Å²) in [7, 11) is 2.11. The van der Waals surface area contributed by atoms with Gasteiger partial charge in [0.25, 0.3) is 0 Å². The molecule has 0 radical (unpaired) electrons. The third-order valence-electron chi connectivity index (χ3n) is 4.64. The molecule has 1 saturated carbocycles. The van der Waals surface area contributed by atoms with E-state index in [-0.39, 0.29) is 0 Å². The van der Waals surface area contributed by atoms with Crippen LogP contribution in [-0.2, 0) is 6.42 Å². The van der Waals surface area contributed by atoms with Crippen molar-refractivity contribution in [3.8, 4) is 0 Å². The van der Waals surface area contributed by atoms with Gasteiger partial charge in [0.05, 0.1) is 0 Å². The molecule has 1 N–H and O–H groups in total. The van der Waals surface area contributed by atoms with E-state index in [4.69, 9.17) is 0 Å². The first-order valence-corrected chi connectivity index (χ1v) is 8.45. The van der Waals surface area contributed by atoms with Gasteiger partial charge in [0, 0.05) is 6.04 Å². The summed E-state index contributed by atoms with van der Waals surface area (Å²) in [5.74, 6) is 1.66. The standard InChI is InChI=1S/C19H31N/c1-15(2)12-17-10-7-11-18(13-17)19(20-3)14-16-8-5-4-6-9-16/h7,10-11,13,15-16,19-20H,4-6,8-9,12,14H2,1-3H3. The third-order valence-corrected chi connectivity index (χ3v) is 4.64. The van der Waals surface area contributed by atoms with Gasteiger partial charge in [-0.3, -0.25) is 0 Å². The van der Waals surface area contributed by atoms with Gasteiger partial charge in [-0.05, 0) is 42.9 Å². The Bertz CT molecular complexity index is 391. The Kier molecular flexibility index (Phi) is 6.09. The number of benzene rings is 1. The lowest BCUT2D eigenvalue weighted by Gasteiger charge is -2.27. The molecular formula is C19H31N. The van der Waals surface area contributed by atoms with Crippen molar-refractivity contribution in [2.75, 3.05) is 7.05 Å². The molecule has 1 atom stereocenters. The van der Waals surface area contributed by atoms with Crippen LogP contribution in [-0.4, -0.2) is 7.05 Å². The Morgan fingerprint density at radius 3 is 2.55 bits per heavy atom. The van der Waals surface area contributed by atoms with E-state index >= 15 is 0 Å². The summed E-state index contributed by atoms with van der Waals surface area (Å²) in [4.78, 5) is 0. The maximum absolute atomic E-state index is 3.55. The SMILES string of the molecule is CNC(CC1CCCCC1)c1cccc(CC(C)C)c1. The van der Waals surface area contributed by atoms with E-state index in [0.717, 1.165) is 11.8 Å². The minimum absolute atomic E-state index is 0.533. The summed E-state index contributed by atoms with van der Waals surface area (Å²) in [6.45, 7) is 4.59. The average Bonchev–Trinajstić information content (AvgIpc) is 2.45. The van der Waals surface area contributed by atoms with Crippen molar-refractivity contribution < 1.29 is 0 Å². The van der Waals surface area contributed by atoms with Crippen LogP contribution in [0.25, 0.3) is 0 Å². The van der Waals surface area contributed by atoms with Crippen LogP contribution in [0, 0.1) is 11.8 Å². The van der Waals surface area contributed by atoms with Gasteiger partial charge in [-0.1, -0.05) is 70.2 Å². The second-order valence-electron chi connectivity index (χ2n) is 6.92. The molecule has 1 unspecified atom stereocenters. The highest BCUT2D eigenvalue weighted by atomic mass is 14.9. The molecule has 0 heterocycles. The Morgan fingerprint density at radius 1 is 1.15 bits per heavy atom. The molecule has 1 heteroatoms. The fourth-order valence-electron chi connectivity index (χ4n) is 3.59. The predicted molar refractivity (Wildman–Crippen MR) is 88.0 cm³/mol. The van der Waals surface area contributed by atoms with Gasteiger partial charge in [0.1, 0.15) is 0 Å². The summed E-state index contributed by atoms with van der Waals surface area (Å²) in [6, 6.07) is 9.76. The molecule has 1 aliphatic rings. The summed E-state index contributed by atoms with van der Waals surface area (Å²) < 4.78 is 0. The van der Waals surface area contributed by atoms with Gasteiger partial charge in [-0.25, -0.2) is 0 Å². The molecular weight excluding hydrogens is 242 g/mol. The van der Waals surface area contributed by atoms with E-state index in [1.54, 1.807) is 0 Å². The molecule has 0 spiro atoms. The molecule has 0 amide bonds. The van der Waals surface area contributed by atoms with Gasteiger partial charge in [-0.2, -0.15) is 0 Å². The van der Waals surface area contributed by atoms with E-state index in [0.29, 0.717) is 6.04 Å². The fraction of sp³-hybridized carbons (Fsp3) is 0.684. The van der Waals surface area contributed by atoms with Crippen molar-refractivity contribution in [2.45, 2.75) is 64.8 Å². The highest BCUT2D eigenvalue weighted by Crippen LogP contribution is 2.32. The van der Waals surface area contributed by atoms with E-state index in [9.17, 15) is 0 Å². The Hall–Kier alpha value is -0.820. The van der Waals surface area contributed by atoms with Crippen molar-refractivity contribution >= 4 is 0 Å². The molecule has 1 aliphatic carbocycles. The number of hydrogen-bond acceptors (Lipinski definition) is 1. The first-order chi connectivity index (χ1) is 9.69. The molecule has 0 aliphatic heterocycles. The van der Waals surface area contributed by atoms with Crippen LogP contribution in [0.5, 0.6) is 0 Å². The maximum atomic E-state index is 3.55. The van der Waals surface area contributed by atoms with Crippen LogP contribution >= 0.6 is 0 Å². The lowest BCUT2D eigenvalue weighted by atomic mass is 9.83. The second kappa shape index (κ2) is 7.83. The summed E-state index contributed by atoms with van der Waals surface area (Å²) >= 11 is 0. The highest BCUT2D eigenvalue weighted by Gasteiger charge is 2.19. The summed E-state index contributed by atoms with van der Waals surface area (Å²) in [5, 5.41) is 3.55. The molecule has 1 aromatic carbocycles. The number of nitrogens with one attached hydrogen (secondary N) is 1. The number of rotatable bonds is 6. The van der Waals surface area contributed by atoms with Crippen LogP contribution in [0.15, 0.2) is 24.3 Å². The van der Waals surface area contributed by atoms with Crippen molar-refractivity contribution in [3.63, 3.8) is 0 Å². The van der Waals surface area contributed by atoms with Crippen LogP contribution in [0.3, 0.4) is 0 Å². The van der Waals surface area contributed by atoms with Crippen molar-refractivity contribution in [1.29, 1.82) is 0 Å². The van der Waals surface area contributed by atoms with Crippen LogP contribution in [0.1, 0.15) is 69.5 Å². The minimum atomic E-state index is 0.533. The zero-order chi connectivity index (χ0) is 14.4. The smallest absolute Gasteiger partial charge is 0.0320 e. The van der Waals surface area contributed by atoms with Crippen LogP contribution < -0.4 is 5.32 Å². The van der Waals surface area contributed by atoms with Gasteiger partial charge in [0.2, 0.25) is 0 Å². The van der Waals surface area contributed by atoms with Crippen molar-refractivity contribution in [1.82, 2.24) is 5.32 Å². The van der Waals surface area contributed by atoms with Crippen LogP contribution in [0.4, 0.5) is 0 Å². The largest absolute Gasteiger partial charge is 0.313 e.